The topological polar surface area (TPSA) is 80.3 Å². The van der Waals surface area contributed by atoms with Crippen molar-refractivity contribution in [3.05, 3.63) is 48.0 Å². The molecule has 7 heteroatoms. The van der Waals surface area contributed by atoms with E-state index in [1.54, 1.807) is 12.1 Å². The smallest absolute Gasteiger partial charge is 0.285 e. The van der Waals surface area contributed by atoms with Crippen molar-refractivity contribution in [2.45, 2.75) is 10.3 Å². The molecule has 0 aliphatic carbocycles. The van der Waals surface area contributed by atoms with E-state index in [9.17, 15) is 18.0 Å². The van der Waals surface area contributed by atoms with Gasteiger partial charge in [0, 0.05) is 0 Å². The van der Waals surface area contributed by atoms with E-state index >= 15 is 0 Å². The van der Waals surface area contributed by atoms with Crippen molar-refractivity contribution >= 4 is 43.5 Å². The van der Waals surface area contributed by atoms with Crippen LogP contribution >= 0.6 is 11.8 Å². The summed E-state index contributed by atoms with van der Waals surface area (Å²) in [6.07, 6.45) is 0. The largest absolute Gasteiger partial charge is 0.287 e. The van der Waals surface area contributed by atoms with Crippen molar-refractivity contribution in [3.63, 3.8) is 0 Å². The first-order valence-electron chi connectivity index (χ1n) is 6.16. The number of hydrogen-bond donors (Lipinski definition) is 1. The lowest BCUT2D eigenvalue weighted by Gasteiger charge is -2.08. The van der Waals surface area contributed by atoms with Crippen molar-refractivity contribution in [2.24, 2.45) is 0 Å². The molecule has 3 rings (SSSR count). The number of fused-ring (bicyclic) bond motifs is 1. The number of nitrogens with one attached hydrogen (secondary N) is 1. The molecule has 1 aliphatic rings. The molecule has 0 saturated carbocycles. The Morgan fingerprint density at radius 2 is 1.76 bits per heavy atom. The van der Waals surface area contributed by atoms with Crippen LogP contribution in [0, 0.1) is 0 Å². The number of thioether (sulfide) groups is 1. The zero-order chi connectivity index (χ0) is 15.0. The summed E-state index contributed by atoms with van der Waals surface area (Å²) in [5, 5.41) is 3.33. The van der Waals surface area contributed by atoms with Crippen LogP contribution in [0.3, 0.4) is 0 Å². The maximum Gasteiger partial charge on any atom is 0.287 e. The quantitative estimate of drug-likeness (QED) is 0.936. The first kappa shape index (κ1) is 14.1. The highest BCUT2D eigenvalue weighted by molar-refractivity contribution is 8.24. The maximum absolute atomic E-state index is 12.3. The summed E-state index contributed by atoms with van der Waals surface area (Å²) in [7, 11) is -3.73. The van der Waals surface area contributed by atoms with Crippen molar-refractivity contribution in [1.29, 1.82) is 0 Å². The molecule has 1 atom stereocenters. The van der Waals surface area contributed by atoms with Crippen LogP contribution in [-0.4, -0.2) is 24.1 Å². The number of benzene rings is 2. The summed E-state index contributed by atoms with van der Waals surface area (Å²) in [5.74, 6) is -1.03. The maximum atomic E-state index is 12.3. The molecule has 2 amide bonds. The van der Waals surface area contributed by atoms with Gasteiger partial charge in [-0.05, 0) is 28.1 Å². The normalized spacial score (nSPS) is 19.0. The highest BCUT2D eigenvalue weighted by Crippen LogP contribution is 2.27. The SMILES string of the molecule is O=C1NC(=O)C(S(=O)(=O)Cc2ccc3ccccc3c2)S1. The number of amides is 2. The van der Waals surface area contributed by atoms with Gasteiger partial charge in [-0.1, -0.05) is 42.5 Å². The Kier molecular flexibility index (Phi) is 3.46. The second-order valence-corrected chi connectivity index (χ2v) is 8.18. The second kappa shape index (κ2) is 5.16. The van der Waals surface area contributed by atoms with E-state index in [4.69, 9.17) is 0 Å². The third kappa shape index (κ3) is 2.79. The molecular weight excluding hydrogens is 310 g/mol. The fourth-order valence-electron chi connectivity index (χ4n) is 2.21. The number of sulfone groups is 1. The minimum Gasteiger partial charge on any atom is -0.285 e. The molecule has 0 spiro atoms. The van der Waals surface area contributed by atoms with Gasteiger partial charge in [-0.2, -0.15) is 0 Å². The standard InChI is InChI=1S/C14H11NO4S2/c16-12-13(20-14(17)15-12)21(18,19)8-9-5-6-10-3-1-2-4-11(10)7-9/h1-7,13H,8H2,(H,15,16,17). The van der Waals surface area contributed by atoms with Gasteiger partial charge in [0.05, 0.1) is 5.75 Å². The molecule has 1 N–H and O–H groups in total. The van der Waals surface area contributed by atoms with Crippen molar-refractivity contribution in [3.8, 4) is 0 Å². The van der Waals surface area contributed by atoms with Gasteiger partial charge in [0.15, 0.2) is 14.4 Å². The van der Waals surface area contributed by atoms with E-state index in [1.807, 2.05) is 35.6 Å². The lowest BCUT2D eigenvalue weighted by molar-refractivity contribution is -0.117. The minimum absolute atomic E-state index is 0.268. The molecule has 5 nitrogen and oxygen atoms in total. The Morgan fingerprint density at radius 3 is 2.43 bits per heavy atom. The third-order valence-electron chi connectivity index (χ3n) is 3.16. The second-order valence-electron chi connectivity index (χ2n) is 4.72. The highest BCUT2D eigenvalue weighted by Gasteiger charge is 2.41. The van der Waals surface area contributed by atoms with Crippen LogP contribution in [0.2, 0.25) is 0 Å². The predicted octanol–water partition coefficient (Wildman–Crippen LogP) is 2.06. The number of carbonyl (C=O) groups is 2. The molecule has 1 unspecified atom stereocenters. The molecular formula is C14H11NO4S2. The Labute approximate surface area is 125 Å². The van der Waals surface area contributed by atoms with E-state index in [2.05, 4.69) is 0 Å². The summed E-state index contributed by atoms with van der Waals surface area (Å²) >= 11 is 0.516. The van der Waals surface area contributed by atoms with E-state index in [0.29, 0.717) is 17.3 Å². The number of carbonyl (C=O) groups excluding carboxylic acids is 2. The van der Waals surface area contributed by atoms with E-state index in [0.717, 1.165) is 10.8 Å². The average Bonchev–Trinajstić information content (AvgIpc) is 2.78. The monoisotopic (exact) mass is 321 g/mol. The molecule has 1 saturated heterocycles. The molecule has 0 radical (unpaired) electrons. The van der Waals surface area contributed by atoms with Gasteiger partial charge in [-0.15, -0.1) is 0 Å². The zero-order valence-electron chi connectivity index (χ0n) is 10.8. The fourth-order valence-corrected chi connectivity index (χ4v) is 4.97. The molecule has 2 aromatic rings. The first-order chi connectivity index (χ1) is 9.95. The summed E-state index contributed by atoms with van der Waals surface area (Å²) < 4.78 is 23.2. The summed E-state index contributed by atoms with van der Waals surface area (Å²) in [6.45, 7) is 0. The molecule has 0 bridgehead atoms. The number of imide groups is 1. The Hall–Kier alpha value is -1.86. The lowest BCUT2D eigenvalue weighted by Crippen LogP contribution is -2.30. The van der Waals surface area contributed by atoms with Gasteiger partial charge in [0.2, 0.25) is 0 Å². The van der Waals surface area contributed by atoms with Crippen LogP contribution in [0.25, 0.3) is 10.8 Å². The lowest BCUT2D eigenvalue weighted by atomic mass is 10.1. The number of rotatable bonds is 3. The summed E-state index contributed by atoms with van der Waals surface area (Å²) in [6, 6.07) is 13.0. The van der Waals surface area contributed by atoms with Gasteiger partial charge in [-0.25, -0.2) is 8.42 Å². The van der Waals surface area contributed by atoms with Crippen LogP contribution in [0.1, 0.15) is 5.56 Å². The zero-order valence-corrected chi connectivity index (χ0v) is 12.4. The van der Waals surface area contributed by atoms with Gasteiger partial charge < -0.3 is 0 Å². The van der Waals surface area contributed by atoms with Crippen molar-refractivity contribution in [2.75, 3.05) is 0 Å². The van der Waals surface area contributed by atoms with Crippen molar-refractivity contribution in [1.82, 2.24) is 5.32 Å². The molecule has 0 aromatic heterocycles. The van der Waals surface area contributed by atoms with Crippen LogP contribution < -0.4 is 5.32 Å². The third-order valence-corrected chi connectivity index (χ3v) is 6.68. The molecule has 21 heavy (non-hydrogen) atoms. The van der Waals surface area contributed by atoms with Crippen LogP contribution in [0.5, 0.6) is 0 Å². The summed E-state index contributed by atoms with van der Waals surface area (Å²) in [4.78, 5) is 22.6. The average molecular weight is 321 g/mol. The van der Waals surface area contributed by atoms with Gasteiger partial charge >= 0.3 is 0 Å². The number of hydrogen-bond acceptors (Lipinski definition) is 5. The van der Waals surface area contributed by atoms with Crippen molar-refractivity contribution < 1.29 is 18.0 Å². The van der Waals surface area contributed by atoms with E-state index in [-0.39, 0.29) is 5.75 Å². The molecule has 2 aromatic carbocycles. The highest BCUT2D eigenvalue weighted by atomic mass is 32.3. The fraction of sp³-hybridized carbons (Fsp3) is 0.143. The molecule has 108 valence electrons. The molecule has 1 fully saturated rings. The Bertz CT molecular complexity index is 845. The minimum atomic E-state index is -3.73. The van der Waals surface area contributed by atoms with Gasteiger partial charge in [0.25, 0.3) is 11.1 Å². The molecule has 1 aliphatic heterocycles. The summed E-state index contributed by atoms with van der Waals surface area (Å²) in [5.41, 5.74) is 0.599. The molecule has 1 heterocycles. The van der Waals surface area contributed by atoms with E-state index in [1.165, 1.54) is 0 Å². The van der Waals surface area contributed by atoms with Crippen LogP contribution in [0.4, 0.5) is 4.79 Å². The van der Waals surface area contributed by atoms with Gasteiger partial charge in [0.1, 0.15) is 0 Å². The Balaban J connectivity index is 1.90. The van der Waals surface area contributed by atoms with E-state index < -0.39 is 25.6 Å². The van der Waals surface area contributed by atoms with Crippen LogP contribution in [0.15, 0.2) is 42.5 Å². The van der Waals surface area contributed by atoms with Crippen LogP contribution in [-0.2, 0) is 20.4 Å². The predicted molar refractivity (Wildman–Crippen MR) is 81.5 cm³/mol. The first-order valence-corrected chi connectivity index (χ1v) is 8.76. The Morgan fingerprint density at radius 1 is 1.05 bits per heavy atom. The van der Waals surface area contributed by atoms with Gasteiger partial charge in [-0.3, -0.25) is 14.9 Å².